The Hall–Kier alpha value is -1.59. The maximum Gasteiger partial charge on any atom is 0.244 e. The molecule has 0 bridgehead atoms. The van der Waals surface area contributed by atoms with Crippen LogP contribution in [0.5, 0.6) is 5.75 Å². The molecule has 1 fully saturated rings. The van der Waals surface area contributed by atoms with E-state index in [1.807, 2.05) is 31.2 Å². The fourth-order valence-corrected chi connectivity index (χ4v) is 2.37. The lowest BCUT2D eigenvalue weighted by Gasteiger charge is -2.37. The maximum absolute atomic E-state index is 12.4. The number of hydrogen-bond acceptors (Lipinski definition) is 4. The summed E-state index contributed by atoms with van der Waals surface area (Å²) in [6, 6.07) is 7.35. The molecule has 19 heavy (non-hydrogen) atoms. The molecule has 1 aliphatic heterocycles. The second kappa shape index (κ2) is 6.04. The van der Waals surface area contributed by atoms with Gasteiger partial charge < -0.3 is 20.1 Å². The van der Waals surface area contributed by atoms with Crippen LogP contribution in [0.2, 0.25) is 0 Å². The topological polar surface area (TPSA) is 61.8 Å². The molecule has 1 heterocycles. The lowest BCUT2D eigenvalue weighted by atomic mass is 10.1. The Balaban J connectivity index is 2.23. The standard InChI is InChI=1S/C14H20N2O3/c1-10-9-16(14(18)13(15-10)6-7-17)11-4-3-5-12(8-11)19-2/h3-5,8,10,13,15,17H,6-7,9H2,1-2H3. The van der Waals surface area contributed by atoms with Gasteiger partial charge in [-0.25, -0.2) is 0 Å². The summed E-state index contributed by atoms with van der Waals surface area (Å²) in [6.07, 6.45) is 0.434. The molecule has 0 aromatic heterocycles. The highest BCUT2D eigenvalue weighted by atomic mass is 16.5. The van der Waals surface area contributed by atoms with E-state index in [1.165, 1.54) is 0 Å². The number of anilines is 1. The summed E-state index contributed by atoms with van der Waals surface area (Å²) in [5.41, 5.74) is 0.834. The predicted octanol–water partition coefficient (Wildman–Crippen LogP) is 0.771. The molecule has 2 rings (SSSR count). The molecule has 0 saturated carbocycles. The molecule has 0 radical (unpaired) electrons. The third kappa shape index (κ3) is 3.05. The SMILES string of the molecule is COc1cccc(N2CC(C)NC(CCO)C2=O)c1. The Labute approximate surface area is 113 Å². The summed E-state index contributed by atoms with van der Waals surface area (Å²) in [5, 5.41) is 12.2. The van der Waals surface area contributed by atoms with Gasteiger partial charge in [0, 0.05) is 30.9 Å². The zero-order valence-corrected chi connectivity index (χ0v) is 11.3. The van der Waals surface area contributed by atoms with Crippen LogP contribution in [0, 0.1) is 0 Å². The average molecular weight is 264 g/mol. The molecular weight excluding hydrogens is 244 g/mol. The molecule has 0 spiro atoms. The summed E-state index contributed by atoms with van der Waals surface area (Å²) in [6.45, 7) is 2.65. The molecule has 1 saturated heterocycles. The van der Waals surface area contributed by atoms with Gasteiger partial charge in [0.2, 0.25) is 5.91 Å². The van der Waals surface area contributed by atoms with Crippen molar-refractivity contribution < 1.29 is 14.6 Å². The Kier molecular flexibility index (Phi) is 4.39. The van der Waals surface area contributed by atoms with Crippen molar-refractivity contribution in [2.75, 3.05) is 25.2 Å². The van der Waals surface area contributed by atoms with Gasteiger partial charge in [-0.1, -0.05) is 6.07 Å². The zero-order chi connectivity index (χ0) is 13.8. The van der Waals surface area contributed by atoms with Crippen molar-refractivity contribution in [2.45, 2.75) is 25.4 Å². The molecule has 104 valence electrons. The second-order valence-corrected chi connectivity index (χ2v) is 4.78. The first-order chi connectivity index (χ1) is 9.15. The van der Waals surface area contributed by atoms with Crippen LogP contribution < -0.4 is 15.0 Å². The molecule has 2 atom stereocenters. The molecule has 2 unspecified atom stereocenters. The number of ether oxygens (including phenoxy) is 1. The van der Waals surface area contributed by atoms with Crippen LogP contribution in [0.3, 0.4) is 0 Å². The van der Waals surface area contributed by atoms with Crippen molar-refractivity contribution in [3.63, 3.8) is 0 Å². The van der Waals surface area contributed by atoms with Crippen LogP contribution in [-0.4, -0.2) is 43.4 Å². The van der Waals surface area contributed by atoms with Crippen molar-refractivity contribution in [1.29, 1.82) is 0 Å². The number of amides is 1. The third-order valence-corrected chi connectivity index (χ3v) is 3.29. The van der Waals surface area contributed by atoms with Crippen LogP contribution >= 0.6 is 0 Å². The highest BCUT2D eigenvalue weighted by Crippen LogP contribution is 2.24. The Morgan fingerprint density at radius 1 is 1.53 bits per heavy atom. The minimum atomic E-state index is -0.319. The van der Waals surface area contributed by atoms with E-state index in [2.05, 4.69) is 5.32 Å². The summed E-state index contributed by atoms with van der Waals surface area (Å²) < 4.78 is 5.19. The summed E-state index contributed by atoms with van der Waals surface area (Å²) in [7, 11) is 1.61. The lowest BCUT2D eigenvalue weighted by molar-refractivity contribution is -0.122. The molecule has 5 nitrogen and oxygen atoms in total. The monoisotopic (exact) mass is 264 g/mol. The van der Waals surface area contributed by atoms with Gasteiger partial charge in [0.05, 0.1) is 13.2 Å². The highest BCUT2D eigenvalue weighted by molar-refractivity contribution is 5.98. The first-order valence-electron chi connectivity index (χ1n) is 6.48. The minimum absolute atomic E-state index is 0.000373. The molecule has 2 N–H and O–H groups in total. The molecule has 1 aromatic rings. The minimum Gasteiger partial charge on any atom is -0.497 e. The Morgan fingerprint density at radius 3 is 3.00 bits per heavy atom. The van der Waals surface area contributed by atoms with E-state index >= 15 is 0 Å². The zero-order valence-electron chi connectivity index (χ0n) is 11.3. The van der Waals surface area contributed by atoms with E-state index in [1.54, 1.807) is 12.0 Å². The van der Waals surface area contributed by atoms with Crippen LogP contribution in [0.4, 0.5) is 5.69 Å². The van der Waals surface area contributed by atoms with Gasteiger partial charge in [0.1, 0.15) is 5.75 Å². The van der Waals surface area contributed by atoms with Crippen molar-refractivity contribution >= 4 is 11.6 Å². The van der Waals surface area contributed by atoms with Crippen molar-refractivity contribution in [1.82, 2.24) is 5.32 Å². The number of aliphatic hydroxyl groups excluding tert-OH is 1. The van der Waals surface area contributed by atoms with Gasteiger partial charge in [-0.05, 0) is 25.5 Å². The van der Waals surface area contributed by atoms with Gasteiger partial charge in [0.15, 0.2) is 0 Å². The van der Waals surface area contributed by atoms with E-state index in [0.717, 1.165) is 11.4 Å². The number of rotatable bonds is 4. The number of nitrogens with one attached hydrogen (secondary N) is 1. The lowest BCUT2D eigenvalue weighted by Crippen LogP contribution is -2.59. The molecular formula is C14H20N2O3. The van der Waals surface area contributed by atoms with Gasteiger partial charge in [-0.2, -0.15) is 0 Å². The smallest absolute Gasteiger partial charge is 0.244 e. The van der Waals surface area contributed by atoms with Crippen molar-refractivity contribution in [3.8, 4) is 5.75 Å². The van der Waals surface area contributed by atoms with E-state index in [-0.39, 0.29) is 24.6 Å². The fourth-order valence-electron chi connectivity index (χ4n) is 2.37. The molecule has 0 aliphatic carbocycles. The maximum atomic E-state index is 12.4. The summed E-state index contributed by atoms with van der Waals surface area (Å²) in [5.74, 6) is 0.732. The van der Waals surface area contributed by atoms with Crippen LogP contribution in [0.15, 0.2) is 24.3 Å². The van der Waals surface area contributed by atoms with E-state index in [9.17, 15) is 4.79 Å². The molecule has 5 heteroatoms. The first-order valence-corrected chi connectivity index (χ1v) is 6.48. The number of carbonyl (C=O) groups excluding carboxylic acids is 1. The molecule has 1 amide bonds. The number of hydrogen-bond donors (Lipinski definition) is 2. The summed E-state index contributed by atoms with van der Waals surface area (Å²) >= 11 is 0. The van der Waals surface area contributed by atoms with Crippen molar-refractivity contribution in [2.24, 2.45) is 0 Å². The fraction of sp³-hybridized carbons (Fsp3) is 0.500. The van der Waals surface area contributed by atoms with E-state index in [0.29, 0.717) is 13.0 Å². The number of nitrogens with zero attached hydrogens (tertiary/aromatic N) is 1. The number of aliphatic hydroxyl groups is 1. The number of methoxy groups -OCH3 is 1. The first kappa shape index (κ1) is 13.8. The average Bonchev–Trinajstić information content (AvgIpc) is 2.43. The molecule has 1 aliphatic rings. The van der Waals surface area contributed by atoms with Gasteiger partial charge >= 0.3 is 0 Å². The Morgan fingerprint density at radius 2 is 2.32 bits per heavy atom. The highest BCUT2D eigenvalue weighted by Gasteiger charge is 2.32. The molecule has 1 aromatic carbocycles. The van der Waals surface area contributed by atoms with E-state index < -0.39 is 0 Å². The van der Waals surface area contributed by atoms with Crippen LogP contribution in [0.25, 0.3) is 0 Å². The van der Waals surface area contributed by atoms with Crippen LogP contribution in [-0.2, 0) is 4.79 Å². The second-order valence-electron chi connectivity index (χ2n) is 4.78. The number of piperazine rings is 1. The number of carbonyl (C=O) groups is 1. The van der Waals surface area contributed by atoms with Crippen molar-refractivity contribution in [3.05, 3.63) is 24.3 Å². The van der Waals surface area contributed by atoms with Gasteiger partial charge in [-0.3, -0.25) is 4.79 Å². The largest absolute Gasteiger partial charge is 0.497 e. The van der Waals surface area contributed by atoms with Gasteiger partial charge in [0.25, 0.3) is 0 Å². The number of benzene rings is 1. The Bertz CT molecular complexity index is 450. The van der Waals surface area contributed by atoms with Gasteiger partial charge in [-0.15, -0.1) is 0 Å². The normalized spacial score (nSPS) is 23.5. The predicted molar refractivity (Wildman–Crippen MR) is 73.4 cm³/mol. The van der Waals surface area contributed by atoms with Crippen LogP contribution in [0.1, 0.15) is 13.3 Å². The van der Waals surface area contributed by atoms with E-state index in [4.69, 9.17) is 9.84 Å². The third-order valence-electron chi connectivity index (χ3n) is 3.29. The summed E-state index contributed by atoms with van der Waals surface area (Å²) in [4.78, 5) is 14.1. The quantitative estimate of drug-likeness (QED) is 0.843.